The summed E-state index contributed by atoms with van der Waals surface area (Å²) in [6.45, 7) is 3.55. The van der Waals surface area contributed by atoms with E-state index in [4.69, 9.17) is 16.3 Å². The second kappa shape index (κ2) is 8.16. The number of halogens is 2. The van der Waals surface area contributed by atoms with Gasteiger partial charge < -0.3 is 10.1 Å². The number of hydrogen-bond donors (Lipinski definition) is 1. The van der Waals surface area contributed by atoms with Crippen LogP contribution in [0.4, 0.5) is 4.39 Å². The summed E-state index contributed by atoms with van der Waals surface area (Å²) in [6.07, 6.45) is 8.62. The fraction of sp³-hybridized carbons (Fsp3) is 0.538. The molecule has 4 aliphatic carbocycles. The third-order valence-electron chi connectivity index (χ3n) is 7.93. The van der Waals surface area contributed by atoms with Crippen LogP contribution < -0.4 is 10.1 Å². The van der Waals surface area contributed by atoms with E-state index in [1.54, 1.807) is 12.1 Å². The van der Waals surface area contributed by atoms with Gasteiger partial charge in [0.15, 0.2) is 0 Å². The standard InChI is InChI=1S/C26H31ClFNO/c1-17(26-12-19-8-20(13-26)10-21(9-19)14-26)29-15-22-11-23(27)4-7-25(22)30-16-18-2-5-24(28)6-3-18/h2-7,11,17,19-21,29H,8-10,12-16H2,1H3/t17-,19?,20?,21?,26?/m1/s1. The summed E-state index contributed by atoms with van der Waals surface area (Å²) in [7, 11) is 0. The number of nitrogens with one attached hydrogen (secondary N) is 1. The van der Waals surface area contributed by atoms with Crippen LogP contribution in [-0.2, 0) is 13.2 Å². The quantitative estimate of drug-likeness (QED) is 0.527. The Kier molecular flexibility index (Phi) is 5.53. The first-order chi connectivity index (χ1) is 14.5. The molecule has 2 aromatic carbocycles. The molecule has 0 aliphatic heterocycles. The Bertz CT molecular complexity index is 861. The minimum absolute atomic E-state index is 0.228. The van der Waals surface area contributed by atoms with E-state index in [2.05, 4.69) is 12.2 Å². The highest BCUT2D eigenvalue weighted by Gasteiger charge is 2.52. The third kappa shape index (κ3) is 4.11. The predicted molar refractivity (Wildman–Crippen MR) is 119 cm³/mol. The van der Waals surface area contributed by atoms with Gasteiger partial charge in [-0.05, 0) is 105 Å². The fourth-order valence-electron chi connectivity index (χ4n) is 6.76. The number of ether oxygens (including phenoxy) is 1. The monoisotopic (exact) mass is 427 g/mol. The third-order valence-corrected chi connectivity index (χ3v) is 8.17. The van der Waals surface area contributed by atoms with Crippen molar-refractivity contribution >= 4 is 11.6 Å². The Hall–Kier alpha value is -1.58. The van der Waals surface area contributed by atoms with Crippen molar-refractivity contribution < 1.29 is 9.13 Å². The first-order valence-corrected chi connectivity index (χ1v) is 11.8. The van der Waals surface area contributed by atoms with Gasteiger partial charge in [-0.25, -0.2) is 4.39 Å². The maximum Gasteiger partial charge on any atom is 0.124 e. The molecule has 1 N–H and O–H groups in total. The van der Waals surface area contributed by atoms with Crippen molar-refractivity contribution in [1.82, 2.24) is 5.32 Å². The molecular weight excluding hydrogens is 397 g/mol. The molecule has 0 unspecified atom stereocenters. The van der Waals surface area contributed by atoms with Crippen LogP contribution in [0.1, 0.15) is 56.6 Å². The van der Waals surface area contributed by atoms with Gasteiger partial charge in [0.2, 0.25) is 0 Å². The molecule has 4 aliphatic rings. The highest BCUT2D eigenvalue weighted by molar-refractivity contribution is 6.30. The van der Waals surface area contributed by atoms with E-state index < -0.39 is 0 Å². The van der Waals surface area contributed by atoms with Gasteiger partial charge in [0.25, 0.3) is 0 Å². The highest BCUT2D eigenvalue weighted by atomic mass is 35.5. The summed E-state index contributed by atoms with van der Waals surface area (Å²) in [5.74, 6) is 3.49. The molecule has 0 amide bonds. The lowest BCUT2D eigenvalue weighted by Gasteiger charge is -2.59. The van der Waals surface area contributed by atoms with Crippen molar-refractivity contribution in [3.63, 3.8) is 0 Å². The van der Waals surface area contributed by atoms with Crippen molar-refractivity contribution in [3.8, 4) is 5.75 Å². The molecule has 2 nitrogen and oxygen atoms in total. The van der Waals surface area contributed by atoms with Crippen molar-refractivity contribution in [2.45, 2.75) is 64.6 Å². The Labute approximate surface area is 184 Å². The van der Waals surface area contributed by atoms with Crippen LogP contribution in [0.25, 0.3) is 0 Å². The fourth-order valence-corrected chi connectivity index (χ4v) is 6.95. The Morgan fingerprint density at radius 3 is 2.30 bits per heavy atom. The second-order valence-corrected chi connectivity index (χ2v) is 10.5. The zero-order chi connectivity index (χ0) is 20.7. The van der Waals surface area contributed by atoms with Gasteiger partial charge in [-0.1, -0.05) is 23.7 Å². The lowest BCUT2D eigenvalue weighted by molar-refractivity contribution is -0.0706. The van der Waals surface area contributed by atoms with Crippen LogP contribution in [0.15, 0.2) is 42.5 Å². The smallest absolute Gasteiger partial charge is 0.124 e. The number of benzene rings is 2. The van der Waals surface area contributed by atoms with Crippen LogP contribution in [0.2, 0.25) is 5.02 Å². The van der Waals surface area contributed by atoms with Gasteiger partial charge in [-0.2, -0.15) is 0 Å². The summed E-state index contributed by atoms with van der Waals surface area (Å²) >= 11 is 6.30. The van der Waals surface area contributed by atoms with Crippen LogP contribution in [-0.4, -0.2) is 6.04 Å². The average molecular weight is 428 g/mol. The van der Waals surface area contributed by atoms with Gasteiger partial charge in [0, 0.05) is 23.2 Å². The number of hydrogen-bond acceptors (Lipinski definition) is 2. The molecule has 30 heavy (non-hydrogen) atoms. The van der Waals surface area contributed by atoms with Crippen molar-refractivity contribution in [2.75, 3.05) is 0 Å². The molecule has 0 radical (unpaired) electrons. The highest BCUT2D eigenvalue weighted by Crippen LogP contribution is 2.61. The zero-order valence-electron chi connectivity index (χ0n) is 17.7. The SMILES string of the molecule is C[C@@H](NCc1cc(Cl)ccc1OCc1ccc(F)cc1)C12CC3CC(CC(C3)C1)C2. The topological polar surface area (TPSA) is 21.3 Å². The molecule has 4 fully saturated rings. The van der Waals surface area contributed by atoms with Gasteiger partial charge in [0.05, 0.1) is 0 Å². The largest absolute Gasteiger partial charge is 0.489 e. The Morgan fingerprint density at radius 1 is 1.03 bits per heavy atom. The average Bonchev–Trinajstić information content (AvgIpc) is 2.71. The van der Waals surface area contributed by atoms with E-state index in [1.807, 2.05) is 18.2 Å². The van der Waals surface area contributed by atoms with Crippen LogP contribution in [0.3, 0.4) is 0 Å². The van der Waals surface area contributed by atoms with E-state index in [0.717, 1.165) is 46.2 Å². The summed E-state index contributed by atoms with van der Waals surface area (Å²) in [5, 5.41) is 4.57. The maximum absolute atomic E-state index is 13.1. The van der Waals surface area contributed by atoms with E-state index in [-0.39, 0.29) is 5.82 Å². The van der Waals surface area contributed by atoms with Crippen molar-refractivity contribution in [3.05, 3.63) is 64.4 Å². The molecular formula is C26H31ClFNO. The van der Waals surface area contributed by atoms with Gasteiger partial charge in [-0.15, -0.1) is 0 Å². The molecule has 4 saturated carbocycles. The minimum Gasteiger partial charge on any atom is -0.489 e. The van der Waals surface area contributed by atoms with Gasteiger partial charge >= 0.3 is 0 Å². The molecule has 160 valence electrons. The molecule has 6 rings (SSSR count). The van der Waals surface area contributed by atoms with E-state index >= 15 is 0 Å². The molecule has 0 heterocycles. The predicted octanol–water partition coefficient (Wildman–Crippen LogP) is 6.75. The van der Waals surface area contributed by atoms with E-state index in [0.29, 0.717) is 18.1 Å². The summed E-state index contributed by atoms with van der Waals surface area (Å²) in [4.78, 5) is 0. The Balaban J connectivity index is 1.25. The first kappa shape index (κ1) is 20.3. The van der Waals surface area contributed by atoms with Gasteiger partial charge in [0.1, 0.15) is 18.2 Å². The van der Waals surface area contributed by atoms with Crippen LogP contribution in [0.5, 0.6) is 5.75 Å². The van der Waals surface area contributed by atoms with Crippen molar-refractivity contribution in [1.29, 1.82) is 0 Å². The maximum atomic E-state index is 13.1. The second-order valence-electron chi connectivity index (χ2n) is 10.0. The first-order valence-electron chi connectivity index (χ1n) is 11.4. The Morgan fingerprint density at radius 2 is 1.67 bits per heavy atom. The summed E-state index contributed by atoms with van der Waals surface area (Å²) in [5.41, 5.74) is 2.51. The van der Waals surface area contributed by atoms with Crippen LogP contribution >= 0.6 is 11.6 Å². The lowest BCUT2D eigenvalue weighted by atomic mass is 9.48. The zero-order valence-corrected chi connectivity index (χ0v) is 18.4. The van der Waals surface area contributed by atoms with Crippen LogP contribution in [0, 0.1) is 29.0 Å². The lowest BCUT2D eigenvalue weighted by Crippen LogP contribution is -2.54. The molecule has 1 atom stereocenters. The number of rotatable bonds is 7. The van der Waals surface area contributed by atoms with E-state index in [9.17, 15) is 4.39 Å². The summed E-state index contributed by atoms with van der Waals surface area (Å²) < 4.78 is 19.2. The molecule has 0 saturated heterocycles. The summed E-state index contributed by atoms with van der Waals surface area (Å²) in [6, 6.07) is 12.8. The normalized spacial score (nSPS) is 30.4. The van der Waals surface area contributed by atoms with E-state index in [1.165, 1.54) is 50.7 Å². The van der Waals surface area contributed by atoms with Gasteiger partial charge in [-0.3, -0.25) is 0 Å². The molecule has 4 heteroatoms. The molecule has 4 bridgehead atoms. The molecule has 0 aromatic heterocycles. The minimum atomic E-state index is -0.228. The molecule has 2 aromatic rings. The van der Waals surface area contributed by atoms with Crippen molar-refractivity contribution in [2.24, 2.45) is 23.2 Å². The molecule has 0 spiro atoms.